The number of thiophene rings is 1. The number of carbonyl (C=O) groups is 1. The van der Waals surface area contributed by atoms with Crippen molar-refractivity contribution in [1.82, 2.24) is 14.5 Å². The first-order chi connectivity index (χ1) is 13.1. The second-order valence-electron chi connectivity index (χ2n) is 6.75. The average Bonchev–Trinajstić information content (AvgIpc) is 3.23. The third-order valence-corrected chi connectivity index (χ3v) is 6.19. The van der Waals surface area contributed by atoms with Crippen LogP contribution in [0.5, 0.6) is 0 Å². The highest BCUT2D eigenvalue weighted by atomic mass is 32.1. The van der Waals surface area contributed by atoms with Gasteiger partial charge in [-0.3, -0.25) is 14.2 Å². The normalized spacial score (nSPS) is 13.1. The largest absolute Gasteiger partial charge is 0.337 e. The molecule has 1 amide bonds. The highest BCUT2D eigenvalue weighted by molar-refractivity contribution is 7.18. The number of fused-ring (bicyclic) bond motifs is 3. The Morgan fingerprint density at radius 2 is 2.22 bits per heavy atom. The number of hydrogen-bond acceptors (Lipinski definition) is 4. The van der Waals surface area contributed by atoms with Gasteiger partial charge in [0.1, 0.15) is 17.2 Å². The van der Waals surface area contributed by atoms with Crippen LogP contribution in [0.15, 0.2) is 35.4 Å². The van der Waals surface area contributed by atoms with E-state index in [1.54, 1.807) is 28.4 Å². The van der Waals surface area contributed by atoms with Gasteiger partial charge in [-0.05, 0) is 49.4 Å². The van der Waals surface area contributed by atoms with E-state index in [0.717, 1.165) is 35.2 Å². The van der Waals surface area contributed by atoms with E-state index in [1.807, 2.05) is 6.92 Å². The lowest BCUT2D eigenvalue weighted by atomic mass is 10.2. The first-order valence-electron chi connectivity index (χ1n) is 9.08. The lowest BCUT2D eigenvalue weighted by molar-refractivity contribution is -0.132. The van der Waals surface area contributed by atoms with Gasteiger partial charge in [-0.25, -0.2) is 9.37 Å². The molecule has 0 saturated heterocycles. The number of benzene rings is 1. The molecule has 0 bridgehead atoms. The van der Waals surface area contributed by atoms with E-state index in [2.05, 4.69) is 4.98 Å². The summed E-state index contributed by atoms with van der Waals surface area (Å²) in [5.74, 6) is -0.509. The summed E-state index contributed by atoms with van der Waals surface area (Å²) in [4.78, 5) is 33.7. The third-order valence-electron chi connectivity index (χ3n) is 4.99. The van der Waals surface area contributed by atoms with E-state index in [9.17, 15) is 14.0 Å². The zero-order valence-corrected chi connectivity index (χ0v) is 15.9. The second-order valence-corrected chi connectivity index (χ2v) is 7.84. The molecule has 27 heavy (non-hydrogen) atoms. The molecule has 0 N–H and O–H groups in total. The molecule has 1 aliphatic rings. The maximum Gasteiger partial charge on any atom is 0.262 e. The zero-order valence-electron chi connectivity index (χ0n) is 15.1. The van der Waals surface area contributed by atoms with Gasteiger partial charge >= 0.3 is 0 Å². The van der Waals surface area contributed by atoms with Gasteiger partial charge < -0.3 is 4.90 Å². The molecule has 2 heterocycles. The molecule has 0 fully saturated rings. The predicted molar refractivity (Wildman–Crippen MR) is 103 cm³/mol. The van der Waals surface area contributed by atoms with Crippen LogP contribution in [0.2, 0.25) is 0 Å². The average molecular weight is 385 g/mol. The Bertz CT molecular complexity index is 1070. The van der Waals surface area contributed by atoms with Gasteiger partial charge in [0.15, 0.2) is 0 Å². The van der Waals surface area contributed by atoms with E-state index in [4.69, 9.17) is 0 Å². The number of likely N-dealkylation sites (N-methyl/N-ethyl adjacent to an activating group) is 1. The number of aromatic nitrogens is 2. The maximum absolute atomic E-state index is 13.4. The molecule has 3 aromatic rings. The molecular formula is C20H20FN3O2S. The van der Waals surface area contributed by atoms with E-state index >= 15 is 0 Å². The molecule has 2 aromatic heterocycles. The fourth-order valence-corrected chi connectivity index (χ4v) is 4.83. The van der Waals surface area contributed by atoms with Crippen molar-refractivity contribution in [2.75, 3.05) is 6.54 Å². The quantitative estimate of drug-likeness (QED) is 0.678. The standard InChI is InChI=1S/C20H20FN3O2S/c1-2-23(10-13-5-3-6-14(21)9-13)17(25)11-24-12-22-19-18(20(24)26)15-7-4-8-16(15)27-19/h3,5-6,9,12H,2,4,7-8,10-11H2,1H3. The fraction of sp³-hybridized carbons (Fsp3) is 0.350. The van der Waals surface area contributed by atoms with Crippen LogP contribution in [0.3, 0.4) is 0 Å². The van der Waals surface area contributed by atoms with Crippen molar-refractivity contribution in [3.63, 3.8) is 0 Å². The molecule has 1 aliphatic carbocycles. The molecule has 0 saturated carbocycles. The lowest BCUT2D eigenvalue weighted by Gasteiger charge is -2.21. The molecule has 0 atom stereocenters. The molecule has 7 heteroatoms. The number of nitrogens with zero attached hydrogens (tertiary/aromatic N) is 3. The van der Waals surface area contributed by atoms with E-state index in [0.29, 0.717) is 18.5 Å². The number of amides is 1. The lowest BCUT2D eigenvalue weighted by Crippen LogP contribution is -2.36. The summed E-state index contributed by atoms with van der Waals surface area (Å²) in [7, 11) is 0. The minimum absolute atomic E-state index is 0.0600. The van der Waals surface area contributed by atoms with Crippen molar-refractivity contribution in [3.8, 4) is 0 Å². The van der Waals surface area contributed by atoms with Gasteiger partial charge in [-0.2, -0.15) is 0 Å². The maximum atomic E-state index is 13.4. The van der Waals surface area contributed by atoms with Crippen LogP contribution in [0.25, 0.3) is 10.2 Å². The molecule has 140 valence electrons. The summed E-state index contributed by atoms with van der Waals surface area (Å²) in [5, 5.41) is 0.677. The second kappa shape index (κ2) is 7.23. The van der Waals surface area contributed by atoms with Gasteiger partial charge in [0, 0.05) is 18.0 Å². The molecule has 0 radical (unpaired) electrons. The van der Waals surface area contributed by atoms with E-state index < -0.39 is 0 Å². The van der Waals surface area contributed by atoms with Crippen LogP contribution in [0, 0.1) is 5.82 Å². The van der Waals surface area contributed by atoms with Crippen molar-refractivity contribution in [2.45, 2.75) is 39.3 Å². The highest BCUT2D eigenvalue weighted by Gasteiger charge is 2.22. The van der Waals surface area contributed by atoms with Crippen LogP contribution < -0.4 is 5.56 Å². The number of aryl methyl sites for hydroxylation is 2. The first kappa shape index (κ1) is 17.9. The van der Waals surface area contributed by atoms with E-state index in [-0.39, 0.29) is 23.8 Å². The van der Waals surface area contributed by atoms with Gasteiger partial charge in [0.25, 0.3) is 5.56 Å². The molecular weight excluding hydrogens is 365 g/mol. The monoisotopic (exact) mass is 385 g/mol. The molecule has 0 unspecified atom stereocenters. The van der Waals surface area contributed by atoms with Crippen LogP contribution in [0.1, 0.15) is 29.3 Å². The Hall–Kier alpha value is -2.54. The first-order valence-corrected chi connectivity index (χ1v) is 9.90. The summed E-state index contributed by atoms with van der Waals surface area (Å²) in [5.41, 5.74) is 1.69. The Labute approximate surface area is 160 Å². The van der Waals surface area contributed by atoms with Crippen LogP contribution in [0.4, 0.5) is 4.39 Å². The van der Waals surface area contributed by atoms with E-state index in [1.165, 1.54) is 27.9 Å². The number of hydrogen-bond donors (Lipinski definition) is 0. The van der Waals surface area contributed by atoms with Gasteiger partial charge in [-0.15, -0.1) is 11.3 Å². The van der Waals surface area contributed by atoms with Crippen molar-refractivity contribution >= 4 is 27.5 Å². The third kappa shape index (κ3) is 3.39. The Morgan fingerprint density at radius 3 is 3.00 bits per heavy atom. The molecule has 1 aromatic carbocycles. The van der Waals surface area contributed by atoms with Gasteiger partial charge in [-0.1, -0.05) is 12.1 Å². The predicted octanol–water partition coefficient (Wildman–Crippen LogP) is 3.13. The van der Waals surface area contributed by atoms with Crippen LogP contribution in [-0.4, -0.2) is 26.9 Å². The summed E-state index contributed by atoms with van der Waals surface area (Å²) < 4.78 is 14.8. The van der Waals surface area contributed by atoms with Gasteiger partial charge in [0.2, 0.25) is 5.91 Å². The summed E-state index contributed by atoms with van der Waals surface area (Å²) >= 11 is 1.59. The number of carbonyl (C=O) groups excluding carboxylic acids is 1. The van der Waals surface area contributed by atoms with Crippen LogP contribution in [-0.2, 0) is 30.7 Å². The SMILES string of the molecule is CCN(Cc1cccc(F)c1)C(=O)Cn1cnc2sc3c(c2c1=O)CCC3. The van der Waals surface area contributed by atoms with Gasteiger partial charge in [0.05, 0.1) is 11.7 Å². The van der Waals surface area contributed by atoms with Crippen molar-refractivity contribution in [1.29, 1.82) is 0 Å². The molecule has 5 nitrogen and oxygen atoms in total. The Balaban J connectivity index is 1.58. The van der Waals surface area contributed by atoms with Crippen LogP contribution >= 0.6 is 11.3 Å². The topological polar surface area (TPSA) is 55.2 Å². The zero-order chi connectivity index (χ0) is 19.0. The Morgan fingerprint density at radius 1 is 1.37 bits per heavy atom. The molecule has 0 spiro atoms. The summed E-state index contributed by atoms with van der Waals surface area (Å²) in [6, 6.07) is 6.21. The van der Waals surface area contributed by atoms with Crippen molar-refractivity contribution < 1.29 is 9.18 Å². The highest BCUT2D eigenvalue weighted by Crippen LogP contribution is 2.34. The summed E-state index contributed by atoms with van der Waals surface area (Å²) in [6.45, 7) is 2.60. The minimum Gasteiger partial charge on any atom is -0.337 e. The minimum atomic E-state index is -0.326. The fourth-order valence-electron chi connectivity index (χ4n) is 3.61. The summed E-state index contributed by atoms with van der Waals surface area (Å²) in [6.07, 6.45) is 4.45. The van der Waals surface area contributed by atoms with Crippen molar-refractivity contribution in [3.05, 3.63) is 62.8 Å². The number of rotatable bonds is 5. The van der Waals surface area contributed by atoms with Crippen molar-refractivity contribution in [2.24, 2.45) is 0 Å². The molecule has 0 aliphatic heterocycles. The smallest absolute Gasteiger partial charge is 0.262 e. The Kier molecular flexibility index (Phi) is 4.78. The molecule has 4 rings (SSSR count). The number of halogens is 1.